The third kappa shape index (κ3) is 5.59. The van der Waals surface area contributed by atoms with Crippen LogP contribution in [-0.2, 0) is 9.68 Å². The van der Waals surface area contributed by atoms with Gasteiger partial charge in [0.25, 0.3) is 0 Å². The molecule has 42 valence electrons. The summed E-state index contributed by atoms with van der Waals surface area (Å²) in [5.74, 6) is 0.0223. The monoisotopic (exact) mass is 104 g/mol. The topological polar surface area (TPSA) is 46.5 Å². The molecule has 0 fully saturated rings. The number of hydrogen-bond donors (Lipinski definition) is 1. The molecular weight excluding hydrogens is 96.0 g/mol. The molecule has 7 heavy (non-hydrogen) atoms. The molecule has 0 amide bonds. The van der Waals surface area contributed by atoms with Crippen molar-refractivity contribution in [1.82, 2.24) is 0 Å². The zero-order valence-corrected chi connectivity index (χ0v) is 4.18. The van der Waals surface area contributed by atoms with Crippen molar-refractivity contribution in [3.63, 3.8) is 0 Å². The average Bonchev–Trinajstić information content (AvgIpc) is 1.61. The predicted octanol–water partition coefficient (Wildman–Crippen LogP) is 0.455. The van der Waals surface area contributed by atoms with Gasteiger partial charge >= 0.3 is 0 Å². The molecule has 0 saturated carbocycles. The van der Waals surface area contributed by atoms with Gasteiger partial charge in [-0.3, -0.25) is 10.1 Å². The Morgan fingerprint density at radius 3 is 2.57 bits per heavy atom. The van der Waals surface area contributed by atoms with Crippen LogP contribution in [0.4, 0.5) is 0 Å². The molecule has 0 heterocycles. The molecule has 0 rings (SSSR count). The quantitative estimate of drug-likeness (QED) is 0.418. The number of ketones is 1. The lowest BCUT2D eigenvalue weighted by Crippen LogP contribution is -1.96. The normalized spacial score (nSPS) is 8.86. The van der Waals surface area contributed by atoms with Gasteiger partial charge in [0.1, 0.15) is 5.78 Å². The third-order valence-corrected chi connectivity index (χ3v) is 0.545. The van der Waals surface area contributed by atoms with E-state index in [4.69, 9.17) is 5.26 Å². The Kier molecular flexibility index (Phi) is 3.55. The molecule has 0 saturated heterocycles. The highest BCUT2D eigenvalue weighted by atomic mass is 17.1. The van der Waals surface area contributed by atoms with Gasteiger partial charge < -0.3 is 0 Å². The highest BCUT2D eigenvalue weighted by Gasteiger charge is 1.89. The minimum Gasteiger partial charge on any atom is -0.300 e. The van der Waals surface area contributed by atoms with Crippen LogP contribution in [0.5, 0.6) is 0 Å². The van der Waals surface area contributed by atoms with Gasteiger partial charge in [-0.15, -0.1) is 0 Å². The fourth-order valence-corrected chi connectivity index (χ4v) is 0.189. The van der Waals surface area contributed by atoms with Crippen LogP contribution in [0.3, 0.4) is 0 Å². The van der Waals surface area contributed by atoms with Crippen molar-refractivity contribution in [3.05, 3.63) is 0 Å². The van der Waals surface area contributed by atoms with Gasteiger partial charge in [0.05, 0.1) is 6.61 Å². The van der Waals surface area contributed by atoms with Gasteiger partial charge in [0.15, 0.2) is 0 Å². The van der Waals surface area contributed by atoms with E-state index in [1.54, 1.807) is 0 Å². The van der Waals surface area contributed by atoms with Crippen LogP contribution >= 0.6 is 0 Å². The zero-order chi connectivity index (χ0) is 5.70. The molecule has 0 atom stereocenters. The van der Waals surface area contributed by atoms with E-state index in [2.05, 4.69) is 4.89 Å². The Labute approximate surface area is 41.8 Å². The van der Waals surface area contributed by atoms with E-state index in [1.807, 2.05) is 0 Å². The first kappa shape index (κ1) is 6.59. The summed E-state index contributed by atoms with van der Waals surface area (Å²) in [6.45, 7) is 1.55. The maximum Gasteiger partial charge on any atom is 0.132 e. The van der Waals surface area contributed by atoms with Crippen molar-refractivity contribution >= 4 is 5.78 Å². The Morgan fingerprint density at radius 2 is 2.43 bits per heavy atom. The molecule has 0 aliphatic rings. The van der Waals surface area contributed by atoms with E-state index in [9.17, 15) is 4.79 Å². The van der Waals surface area contributed by atoms with Crippen molar-refractivity contribution in [2.24, 2.45) is 0 Å². The summed E-state index contributed by atoms with van der Waals surface area (Å²) >= 11 is 0. The lowest BCUT2D eigenvalue weighted by Gasteiger charge is -1.87. The largest absolute Gasteiger partial charge is 0.300 e. The highest BCUT2D eigenvalue weighted by Crippen LogP contribution is 1.78. The van der Waals surface area contributed by atoms with Crippen molar-refractivity contribution in [3.8, 4) is 0 Å². The van der Waals surface area contributed by atoms with Gasteiger partial charge in [-0.25, -0.2) is 4.89 Å². The molecule has 0 aliphatic heterocycles. The molecule has 3 heteroatoms. The van der Waals surface area contributed by atoms with E-state index >= 15 is 0 Å². The van der Waals surface area contributed by atoms with E-state index in [1.165, 1.54) is 6.92 Å². The van der Waals surface area contributed by atoms with E-state index < -0.39 is 0 Å². The molecule has 0 radical (unpaired) electrons. The summed E-state index contributed by atoms with van der Waals surface area (Å²) in [4.78, 5) is 13.6. The smallest absolute Gasteiger partial charge is 0.132 e. The van der Waals surface area contributed by atoms with Gasteiger partial charge in [-0.1, -0.05) is 0 Å². The second-order valence-corrected chi connectivity index (χ2v) is 1.29. The highest BCUT2D eigenvalue weighted by molar-refractivity contribution is 5.75. The lowest BCUT2D eigenvalue weighted by atomic mass is 10.3. The van der Waals surface area contributed by atoms with Crippen LogP contribution < -0.4 is 0 Å². The molecular formula is C4H8O3. The first-order valence-corrected chi connectivity index (χ1v) is 2.03. The maximum atomic E-state index is 10.0. The van der Waals surface area contributed by atoms with Crippen molar-refractivity contribution in [1.29, 1.82) is 0 Å². The second kappa shape index (κ2) is 3.77. The summed E-state index contributed by atoms with van der Waals surface area (Å²) in [7, 11) is 0. The lowest BCUT2D eigenvalue weighted by molar-refractivity contribution is -0.241. The number of carbonyl (C=O) groups excluding carboxylic acids is 1. The molecule has 0 aromatic carbocycles. The molecule has 0 unspecified atom stereocenters. The molecule has 0 aromatic heterocycles. The van der Waals surface area contributed by atoms with Gasteiger partial charge in [-0.05, 0) is 6.92 Å². The molecule has 1 N–H and O–H groups in total. The standard InChI is InChI=1S/C4H8O3/c1-4(5)2-3-7-6/h6H,2-3H2,1H3. The SMILES string of the molecule is CC(=O)CCOO. The van der Waals surface area contributed by atoms with Crippen LogP contribution in [0.25, 0.3) is 0 Å². The summed E-state index contributed by atoms with van der Waals surface area (Å²) in [5.41, 5.74) is 0. The van der Waals surface area contributed by atoms with Gasteiger partial charge in [0.2, 0.25) is 0 Å². The number of hydrogen-bond acceptors (Lipinski definition) is 3. The van der Waals surface area contributed by atoms with Crippen LogP contribution in [0.2, 0.25) is 0 Å². The molecule has 0 bridgehead atoms. The van der Waals surface area contributed by atoms with Crippen LogP contribution in [-0.4, -0.2) is 17.6 Å². The molecule has 0 aromatic rings. The first-order chi connectivity index (χ1) is 3.27. The van der Waals surface area contributed by atoms with Crippen molar-refractivity contribution in [2.45, 2.75) is 13.3 Å². The van der Waals surface area contributed by atoms with E-state index in [-0.39, 0.29) is 18.8 Å². The Balaban J connectivity index is 2.82. The zero-order valence-electron chi connectivity index (χ0n) is 4.18. The molecule has 0 aliphatic carbocycles. The number of carbonyl (C=O) groups is 1. The second-order valence-electron chi connectivity index (χ2n) is 1.29. The van der Waals surface area contributed by atoms with Crippen LogP contribution in [0.1, 0.15) is 13.3 Å². The van der Waals surface area contributed by atoms with Crippen molar-refractivity contribution in [2.75, 3.05) is 6.61 Å². The maximum absolute atomic E-state index is 10.0. The summed E-state index contributed by atoms with van der Waals surface area (Å²) in [5, 5.41) is 7.66. The minimum atomic E-state index is 0.0223. The first-order valence-electron chi connectivity index (χ1n) is 2.03. The van der Waals surface area contributed by atoms with Gasteiger partial charge in [-0.2, -0.15) is 0 Å². The fraction of sp³-hybridized carbons (Fsp3) is 0.750. The van der Waals surface area contributed by atoms with Gasteiger partial charge in [0, 0.05) is 6.42 Å². The summed E-state index contributed by atoms with van der Waals surface area (Å²) in [6, 6.07) is 0. The van der Waals surface area contributed by atoms with E-state index in [0.717, 1.165) is 0 Å². The Hall–Kier alpha value is -0.410. The Morgan fingerprint density at radius 1 is 1.86 bits per heavy atom. The fourth-order valence-electron chi connectivity index (χ4n) is 0.189. The molecule has 0 spiro atoms. The van der Waals surface area contributed by atoms with E-state index in [0.29, 0.717) is 0 Å². The van der Waals surface area contributed by atoms with Crippen LogP contribution in [0, 0.1) is 0 Å². The summed E-state index contributed by atoms with van der Waals surface area (Å²) in [6.07, 6.45) is 0.288. The summed E-state index contributed by atoms with van der Waals surface area (Å²) < 4.78 is 0. The van der Waals surface area contributed by atoms with Crippen LogP contribution in [0.15, 0.2) is 0 Å². The number of rotatable bonds is 3. The third-order valence-electron chi connectivity index (χ3n) is 0.545. The Bertz CT molecular complexity index is 60.0. The molecule has 3 nitrogen and oxygen atoms in total. The number of Topliss-reactive ketones (excluding diaryl/α,β-unsaturated/α-hetero) is 1. The predicted molar refractivity (Wildman–Crippen MR) is 23.9 cm³/mol. The minimum absolute atomic E-state index is 0.0223. The van der Waals surface area contributed by atoms with Crippen molar-refractivity contribution < 1.29 is 14.9 Å². The average molecular weight is 104 g/mol.